The standard InChI is InChI=1S/C23H35N5O.HI/c1-5-24-23(26-14-22-27-18(3)19(4)29-22)25-13-20-8-10-21(11-9-20)16-28-12-6-7-17(2)15-28;/h8-11,17H,5-7,12-16H2,1-4H3,(H2,24,25,26);1H. The zero-order chi connectivity index (χ0) is 20.6. The number of aromatic nitrogens is 1. The van der Waals surface area contributed by atoms with Crippen LogP contribution in [0.1, 0.15) is 55.2 Å². The molecule has 1 aromatic heterocycles. The Labute approximate surface area is 198 Å². The van der Waals surface area contributed by atoms with E-state index in [9.17, 15) is 0 Å². The molecule has 2 N–H and O–H groups in total. The first-order valence-electron chi connectivity index (χ1n) is 10.8. The molecule has 6 nitrogen and oxygen atoms in total. The second-order valence-corrected chi connectivity index (χ2v) is 8.10. The quantitative estimate of drug-likeness (QED) is 0.319. The van der Waals surface area contributed by atoms with Gasteiger partial charge in [-0.2, -0.15) is 0 Å². The van der Waals surface area contributed by atoms with Crippen LogP contribution in [0, 0.1) is 19.8 Å². The summed E-state index contributed by atoms with van der Waals surface area (Å²) in [7, 11) is 0. The van der Waals surface area contributed by atoms with Gasteiger partial charge in [0.05, 0.1) is 18.8 Å². The molecule has 2 aromatic rings. The van der Waals surface area contributed by atoms with E-state index in [0.717, 1.165) is 36.4 Å². The molecule has 166 valence electrons. The number of rotatable bonds is 7. The summed E-state index contributed by atoms with van der Waals surface area (Å²) in [6, 6.07) is 8.86. The molecule has 2 heterocycles. The van der Waals surface area contributed by atoms with Crippen LogP contribution < -0.4 is 10.6 Å². The average Bonchev–Trinajstić information content (AvgIpc) is 3.03. The molecule has 0 aliphatic carbocycles. The summed E-state index contributed by atoms with van der Waals surface area (Å²) in [5, 5.41) is 6.57. The molecule has 1 saturated heterocycles. The fourth-order valence-electron chi connectivity index (χ4n) is 3.72. The van der Waals surface area contributed by atoms with Gasteiger partial charge in [0.15, 0.2) is 5.96 Å². The maximum Gasteiger partial charge on any atom is 0.214 e. The van der Waals surface area contributed by atoms with Crippen LogP contribution in [0.2, 0.25) is 0 Å². The van der Waals surface area contributed by atoms with E-state index in [4.69, 9.17) is 9.41 Å². The first kappa shape index (κ1) is 24.7. The van der Waals surface area contributed by atoms with E-state index in [-0.39, 0.29) is 24.0 Å². The highest BCUT2D eigenvalue weighted by atomic mass is 127. The summed E-state index contributed by atoms with van der Waals surface area (Å²) in [6.45, 7) is 13.8. The summed E-state index contributed by atoms with van der Waals surface area (Å²) in [4.78, 5) is 11.7. The van der Waals surface area contributed by atoms with Crippen molar-refractivity contribution >= 4 is 29.9 Å². The molecule has 1 unspecified atom stereocenters. The van der Waals surface area contributed by atoms with Crippen LogP contribution in [-0.4, -0.2) is 35.5 Å². The minimum Gasteiger partial charge on any atom is -0.444 e. The second-order valence-electron chi connectivity index (χ2n) is 8.10. The van der Waals surface area contributed by atoms with E-state index in [1.54, 1.807) is 0 Å². The monoisotopic (exact) mass is 525 g/mol. The topological polar surface area (TPSA) is 65.7 Å². The molecular weight excluding hydrogens is 489 g/mol. The molecule has 7 heteroatoms. The number of hydrogen-bond acceptors (Lipinski definition) is 4. The number of piperidine rings is 1. The van der Waals surface area contributed by atoms with Gasteiger partial charge in [0, 0.05) is 19.6 Å². The lowest BCUT2D eigenvalue weighted by molar-refractivity contribution is 0.176. The van der Waals surface area contributed by atoms with E-state index in [0.29, 0.717) is 19.0 Å². The number of guanidine groups is 1. The van der Waals surface area contributed by atoms with E-state index in [2.05, 4.69) is 58.6 Å². The van der Waals surface area contributed by atoms with Crippen molar-refractivity contribution in [3.05, 3.63) is 52.7 Å². The molecule has 30 heavy (non-hydrogen) atoms. The van der Waals surface area contributed by atoms with Crippen molar-refractivity contribution in [3.8, 4) is 0 Å². The zero-order valence-corrected chi connectivity index (χ0v) is 21.0. The van der Waals surface area contributed by atoms with Gasteiger partial charge in [-0.25, -0.2) is 9.98 Å². The highest BCUT2D eigenvalue weighted by Crippen LogP contribution is 2.18. The number of aliphatic imine (C=N–C) groups is 1. The van der Waals surface area contributed by atoms with Crippen molar-refractivity contribution in [2.75, 3.05) is 19.6 Å². The largest absolute Gasteiger partial charge is 0.444 e. The highest BCUT2D eigenvalue weighted by molar-refractivity contribution is 14.0. The number of nitrogens with one attached hydrogen (secondary N) is 2. The summed E-state index contributed by atoms with van der Waals surface area (Å²) >= 11 is 0. The predicted molar refractivity (Wildman–Crippen MR) is 133 cm³/mol. The maximum atomic E-state index is 5.63. The van der Waals surface area contributed by atoms with Crippen LogP contribution in [0.5, 0.6) is 0 Å². The first-order valence-corrected chi connectivity index (χ1v) is 10.8. The molecule has 1 aromatic carbocycles. The van der Waals surface area contributed by atoms with Gasteiger partial charge in [-0.15, -0.1) is 24.0 Å². The van der Waals surface area contributed by atoms with Crippen molar-refractivity contribution in [3.63, 3.8) is 0 Å². The van der Waals surface area contributed by atoms with Gasteiger partial charge in [-0.3, -0.25) is 4.90 Å². The maximum absolute atomic E-state index is 5.63. The molecule has 1 aliphatic heterocycles. The third-order valence-electron chi connectivity index (χ3n) is 5.41. The minimum atomic E-state index is 0. The Hall–Kier alpha value is -1.61. The van der Waals surface area contributed by atoms with Crippen molar-refractivity contribution < 1.29 is 4.42 Å². The van der Waals surface area contributed by atoms with E-state index >= 15 is 0 Å². The number of nitrogens with zero attached hydrogens (tertiary/aromatic N) is 3. The molecule has 0 saturated carbocycles. The lowest BCUT2D eigenvalue weighted by atomic mass is 9.99. The number of halogens is 1. The Bertz CT molecular complexity index is 783. The number of likely N-dealkylation sites (tertiary alicyclic amines) is 1. The summed E-state index contributed by atoms with van der Waals surface area (Å²) < 4.78 is 5.63. The third kappa shape index (κ3) is 7.58. The molecule has 1 fully saturated rings. The fourth-order valence-corrected chi connectivity index (χ4v) is 3.72. The SMILES string of the molecule is CCNC(=NCc1ccc(CN2CCCC(C)C2)cc1)NCc1nc(C)c(C)o1.I. The second kappa shape index (κ2) is 12.3. The average molecular weight is 525 g/mol. The number of benzene rings is 1. The minimum absolute atomic E-state index is 0. The van der Waals surface area contributed by atoms with Gasteiger partial charge in [-0.05, 0) is 57.2 Å². The van der Waals surface area contributed by atoms with Crippen molar-refractivity contribution in [1.29, 1.82) is 0 Å². The fraction of sp³-hybridized carbons (Fsp3) is 0.565. The number of oxazole rings is 1. The summed E-state index contributed by atoms with van der Waals surface area (Å²) in [5.41, 5.74) is 3.52. The molecule has 0 amide bonds. The van der Waals surface area contributed by atoms with Crippen molar-refractivity contribution in [2.24, 2.45) is 10.9 Å². The van der Waals surface area contributed by atoms with Crippen LogP contribution in [0.4, 0.5) is 0 Å². The normalized spacial score (nSPS) is 17.5. The van der Waals surface area contributed by atoms with Gasteiger partial charge in [0.25, 0.3) is 0 Å². The van der Waals surface area contributed by atoms with Crippen LogP contribution in [0.15, 0.2) is 33.7 Å². The Balaban J connectivity index is 0.00000320. The van der Waals surface area contributed by atoms with Gasteiger partial charge < -0.3 is 15.1 Å². The van der Waals surface area contributed by atoms with Gasteiger partial charge >= 0.3 is 0 Å². The predicted octanol–water partition coefficient (Wildman–Crippen LogP) is 4.40. The van der Waals surface area contributed by atoms with Gasteiger partial charge in [0.2, 0.25) is 5.89 Å². The van der Waals surface area contributed by atoms with Crippen LogP contribution >= 0.6 is 24.0 Å². The van der Waals surface area contributed by atoms with Crippen molar-refractivity contribution in [2.45, 2.75) is 60.2 Å². The molecule has 1 aliphatic rings. The number of aryl methyl sites for hydroxylation is 2. The molecule has 1 atom stereocenters. The van der Waals surface area contributed by atoms with E-state index in [1.165, 1.54) is 37.1 Å². The van der Waals surface area contributed by atoms with E-state index in [1.807, 2.05) is 13.8 Å². The molecule has 0 spiro atoms. The zero-order valence-electron chi connectivity index (χ0n) is 18.7. The van der Waals surface area contributed by atoms with Gasteiger partial charge in [0.1, 0.15) is 5.76 Å². The Morgan fingerprint density at radius 2 is 1.93 bits per heavy atom. The first-order chi connectivity index (χ1) is 14.0. The Kier molecular flexibility index (Phi) is 10.1. The number of hydrogen-bond donors (Lipinski definition) is 2. The summed E-state index contributed by atoms with van der Waals surface area (Å²) in [6.07, 6.45) is 2.69. The van der Waals surface area contributed by atoms with Crippen molar-refractivity contribution in [1.82, 2.24) is 20.5 Å². The summed E-state index contributed by atoms with van der Waals surface area (Å²) in [5.74, 6) is 3.13. The van der Waals surface area contributed by atoms with E-state index < -0.39 is 0 Å². The van der Waals surface area contributed by atoms with Crippen LogP contribution in [-0.2, 0) is 19.6 Å². The molecule has 0 radical (unpaired) electrons. The highest BCUT2D eigenvalue weighted by Gasteiger charge is 2.16. The Morgan fingerprint density at radius 3 is 2.57 bits per heavy atom. The molecule has 0 bridgehead atoms. The molecule has 3 rings (SSSR count). The Morgan fingerprint density at radius 1 is 1.20 bits per heavy atom. The lowest BCUT2D eigenvalue weighted by Gasteiger charge is -2.30. The lowest BCUT2D eigenvalue weighted by Crippen LogP contribution is -2.36. The molecular formula is C23H36IN5O. The van der Waals surface area contributed by atoms with Crippen LogP contribution in [0.3, 0.4) is 0 Å². The third-order valence-corrected chi connectivity index (χ3v) is 5.41. The smallest absolute Gasteiger partial charge is 0.214 e. The van der Waals surface area contributed by atoms with Crippen LogP contribution in [0.25, 0.3) is 0 Å². The van der Waals surface area contributed by atoms with Gasteiger partial charge in [-0.1, -0.05) is 31.2 Å².